The van der Waals surface area contributed by atoms with Crippen LogP contribution in [-0.4, -0.2) is 26.4 Å². The maximum atomic E-state index is 9.41. The number of imidazole rings is 1. The van der Waals surface area contributed by atoms with Gasteiger partial charge in [-0.3, -0.25) is 0 Å². The molecule has 0 aromatic carbocycles. The molecule has 0 fully saturated rings. The van der Waals surface area contributed by atoms with Gasteiger partial charge >= 0.3 is 0 Å². The molecule has 0 atom stereocenters. The summed E-state index contributed by atoms with van der Waals surface area (Å²) < 4.78 is 1.85. The van der Waals surface area contributed by atoms with E-state index in [9.17, 15) is 5.11 Å². The first-order valence-electron chi connectivity index (χ1n) is 8.63. The summed E-state index contributed by atoms with van der Waals surface area (Å²) in [7, 11) is 0. The molecule has 4 nitrogen and oxygen atoms in total. The SMILES string of the molecule is Br.CCCCCCCCCCCCc1nc(O)cn1CCO. The van der Waals surface area contributed by atoms with E-state index in [0.717, 1.165) is 18.7 Å². The lowest BCUT2D eigenvalue weighted by Crippen LogP contribution is -2.06. The Morgan fingerprint density at radius 1 is 0.955 bits per heavy atom. The molecule has 0 aliphatic carbocycles. The molecule has 22 heavy (non-hydrogen) atoms. The van der Waals surface area contributed by atoms with Crippen LogP contribution in [0.2, 0.25) is 0 Å². The first-order valence-corrected chi connectivity index (χ1v) is 8.63. The third-order valence-corrected chi connectivity index (χ3v) is 3.94. The van der Waals surface area contributed by atoms with Gasteiger partial charge in [-0.1, -0.05) is 64.7 Å². The van der Waals surface area contributed by atoms with Crippen LogP contribution < -0.4 is 0 Å². The second-order valence-electron chi connectivity index (χ2n) is 5.86. The second kappa shape index (κ2) is 14.1. The van der Waals surface area contributed by atoms with Gasteiger partial charge in [0, 0.05) is 13.0 Å². The lowest BCUT2D eigenvalue weighted by Gasteiger charge is -2.05. The Kier molecular flexibility index (Phi) is 13.7. The lowest BCUT2D eigenvalue weighted by atomic mass is 10.1. The number of hydrogen-bond acceptors (Lipinski definition) is 3. The summed E-state index contributed by atoms with van der Waals surface area (Å²) in [4.78, 5) is 4.11. The summed E-state index contributed by atoms with van der Waals surface area (Å²) in [6, 6.07) is 0. The van der Waals surface area contributed by atoms with Crippen molar-refractivity contribution in [2.24, 2.45) is 0 Å². The van der Waals surface area contributed by atoms with Gasteiger partial charge in [-0.25, -0.2) is 0 Å². The molecule has 1 heterocycles. The Hall–Kier alpha value is -0.550. The van der Waals surface area contributed by atoms with E-state index in [1.807, 2.05) is 4.57 Å². The molecule has 0 aliphatic rings. The van der Waals surface area contributed by atoms with E-state index in [1.54, 1.807) is 6.20 Å². The van der Waals surface area contributed by atoms with E-state index in [4.69, 9.17) is 5.11 Å². The summed E-state index contributed by atoms with van der Waals surface area (Å²) in [6.07, 6.45) is 15.7. The quantitative estimate of drug-likeness (QED) is 0.493. The minimum absolute atomic E-state index is 0. The Morgan fingerprint density at radius 3 is 2.05 bits per heavy atom. The highest BCUT2D eigenvalue weighted by molar-refractivity contribution is 8.93. The zero-order chi connectivity index (χ0) is 15.3. The van der Waals surface area contributed by atoms with Crippen LogP contribution in [0.25, 0.3) is 0 Å². The molecular formula is C17H33BrN2O2. The molecule has 0 spiro atoms. The minimum atomic E-state index is 0. The molecule has 0 saturated carbocycles. The summed E-state index contributed by atoms with van der Waals surface area (Å²) in [5.41, 5.74) is 0. The number of aliphatic hydroxyl groups excluding tert-OH is 1. The molecule has 1 rings (SSSR count). The maximum Gasteiger partial charge on any atom is 0.229 e. The third kappa shape index (κ3) is 9.46. The van der Waals surface area contributed by atoms with Crippen molar-refractivity contribution < 1.29 is 10.2 Å². The van der Waals surface area contributed by atoms with Crippen LogP contribution in [0.1, 0.15) is 77.0 Å². The number of nitrogens with zero attached hydrogens (tertiary/aromatic N) is 2. The fraction of sp³-hybridized carbons (Fsp3) is 0.824. The highest BCUT2D eigenvalue weighted by Crippen LogP contribution is 2.14. The third-order valence-electron chi connectivity index (χ3n) is 3.94. The molecule has 0 amide bonds. The zero-order valence-electron chi connectivity index (χ0n) is 14.0. The number of rotatable bonds is 13. The predicted molar refractivity (Wildman–Crippen MR) is 96.8 cm³/mol. The topological polar surface area (TPSA) is 58.3 Å². The number of aromatic nitrogens is 2. The Bertz CT molecular complexity index is 370. The van der Waals surface area contributed by atoms with Crippen LogP contribution in [0.5, 0.6) is 5.88 Å². The summed E-state index contributed by atoms with van der Waals surface area (Å²) >= 11 is 0. The number of hydrogen-bond donors (Lipinski definition) is 2. The van der Waals surface area contributed by atoms with E-state index in [-0.39, 0.29) is 29.5 Å². The van der Waals surface area contributed by atoms with Gasteiger partial charge in [-0.2, -0.15) is 4.98 Å². The highest BCUT2D eigenvalue weighted by atomic mass is 79.9. The first-order chi connectivity index (χ1) is 10.3. The highest BCUT2D eigenvalue weighted by Gasteiger charge is 2.06. The van der Waals surface area contributed by atoms with Crippen molar-refractivity contribution in [3.05, 3.63) is 12.0 Å². The molecule has 5 heteroatoms. The molecule has 0 saturated heterocycles. The number of aryl methyl sites for hydroxylation is 1. The van der Waals surface area contributed by atoms with Gasteiger partial charge in [0.15, 0.2) is 0 Å². The largest absolute Gasteiger partial charge is 0.492 e. The first kappa shape index (κ1) is 21.4. The monoisotopic (exact) mass is 376 g/mol. The fourth-order valence-corrected chi connectivity index (χ4v) is 2.71. The van der Waals surface area contributed by atoms with Crippen molar-refractivity contribution in [1.82, 2.24) is 9.55 Å². The van der Waals surface area contributed by atoms with E-state index < -0.39 is 0 Å². The van der Waals surface area contributed by atoms with Gasteiger partial charge in [-0.15, -0.1) is 17.0 Å². The van der Waals surface area contributed by atoms with Crippen LogP contribution in [0.4, 0.5) is 0 Å². The van der Waals surface area contributed by atoms with Crippen molar-refractivity contribution in [2.75, 3.05) is 6.61 Å². The van der Waals surface area contributed by atoms with Crippen LogP contribution in [0.3, 0.4) is 0 Å². The van der Waals surface area contributed by atoms with Crippen LogP contribution >= 0.6 is 17.0 Å². The van der Waals surface area contributed by atoms with Gasteiger partial charge in [0.25, 0.3) is 0 Å². The maximum absolute atomic E-state index is 9.41. The van der Waals surface area contributed by atoms with Gasteiger partial charge in [-0.05, 0) is 6.42 Å². The normalized spacial score (nSPS) is 10.6. The lowest BCUT2D eigenvalue weighted by molar-refractivity contribution is 0.274. The molecule has 0 bridgehead atoms. The molecule has 0 unspecified atom stereocenters. The van der Waals surface area contributed by atoms with E-state index >= 15 is 0 Å². The van der Waals surface area contributed by atoms with E-state index in [2.05, 4.69) is 11.9 Å². The van der Waals surface area contributed by atoms with Crippen molar-refractivity contribution in [2.45, 2.75) is 84.1 Å². The van der Waals surface area contributed by atoms with E-state index in [1.165, 1.54) is 57.8 Å². The van der Waals surface area contributed by atoms with Crippen LogP contribution in [0, 0.1) is 0 Å². The van der Waals surface area contributed by atoms with E-state index in [0.29, 0.717) is 6.54 Å². The van der Waals surface area contributed by atoms with Crippen molar-refractivity contribution in [3.63, 3.8) is 0 Å². The predicted octanol–water partition coefficient (Wildman–Crippen LogP) is 4.62. The molecule has 1 aromatic heterocycles. The average molecular weight is 377 g/mol. The smallest absolute Gasteiger partial charge is 0.229 e. The standard InChI is InChI=1S/C17H32N2O2.BrH/c1-2-3-4-5-6-7-8-9-10-11-12-16-18-17(21)15-19(16)13-14-20;/h15,20-21H,2-14H2,1H3;1H. The summed E-state index contributed by atoms with van der Waals surface area (Å²) in [6.45, 7) is 2.85. The summed E-state index contributed by atoms with van der Waals surface area (Å²) in [5.74, 6) is 0.951. The number of unbranched alkanes of at least 4 members (excludes halogenated alkanes) is 9. The summed E-state index contributed by atoms with van der Waals surface area (Å²) in [5, 5.41) is 18.4. The molecule has 1 aromatic rings. The molecule has 2 N–H and O–H groups in total. The molecule has 130 valence electrons. The number of halogens is 1. The van der Waals surface area contributed by atoms with Gasteiger partial charge in [0.05, 0.1) is 12.8 Å². The van der Waals surface area contributed by atoms with Gasteiger partial charge < -0.3 is 14.8 Å². The Morgan fingerprint density at radius 2 is 1.50 bits per heavy atom. The van der Waals surface area contributed by atoms with Crippen LogP contribution in [-0.2, 0) is 13.0 Å². The van der Waals surface area contributed by atoms with Crippen LogP contribution in [0.15, 0.2) is 6.20 Å². The minimum Gasteiger partial charge on any atom is -0.492 e. The van der Waals surface area contributed by atoms with Gasteiger partial charge in [0.1, 0.15) is 5.82 Å². The molecule has 0 aliphatic heterocycles. The number of aliphatic hydroxyl groups is 1. The molecule has 0 radical (unpaired) electrons. The Labute approximate surface area is 145 Å². The van der Waals surface area contributed by atoms with Crippen molar-refractivity contribution in [1.29, 1.82) is 0 Å². The van der Waals surface area contributed by atoms with Gasteiger partial charge in [0.2, 0.25) is 5.88 Å². The molecular weight excluding hydrogens is 344 g/mol. The zero-order valence-corrected chi connectivity index (χ0v) is 15.7. The van der Waals surface area contributed by atoms with Crippen molar-refractivity contribution in [3.8, 4) is 5.88 Å². The Balaban J connectivity index is 0.00000441. The fourth-order valence-electron chi connectivity index (χ4n) is 2.71. The van der Waals surface area contributed by atoms with Crippen molar-refractivity contribution >= 4 is 17.0 Å². The average Bonchev–Trinajstić information content (AvgIpc) is 2.81. The second-order valence-corrected chi connectivity index (χ2v) is 5.86. The number of aromatic hydroxyl groups is 1.